The van der Waals surface area contributed by atoms with E-state index in [4.69, 9.17) is 21.0 Å². The Morgan fingerprint density at radius 3 is 2.70 bits per heavy atom. The van der Waals surface area contributed by atoms with Crippen LogP contribution < -0.4 is 4.74 Å². The lowest BCUT2D eigenvalue weighted by molar-refractivity contribution is 0.0766. The summed E-state index contributed by atoms with van der Waals surface area (Å²) in [6, 6.07) is 6.77. The Morgan fingerprint density at radius 1 is 1.35 bits per heavy atom. The van der Waals surface area contributed by atoms with E-state index in [2.05, 4.69) is 17.8 Å². The van der Waals surface area contributed by atoms with Crippen LogP contribution in [0.15, 0.2) is 48.3 Å². The van der Waals surface area contributed by atoms with E-state index in [9.17, 15) is 5.11 Å². The highest BCUT2D eigenvalue weighted by molar-refractivity contribution is 5.42. The third-order valence-corrected chi connectivity index (χ3v) is 3.47. The SMILES string of the molecule is C#CC(O)(c1ccc(OCCO)cc1)C1C#CC=C(OC)C=C1. The lowest BCUT2D eigenvalue weighted by Crippen LogP contribution is -2.31. The molecule has 0 spiro atoms. The van der Waals surface area contributed by atoms with Gasteiger partial charge in [-0.05, 0) is 23.8 Å². The minimum atomic E-state index is -1.56. The molecule has 0 aliphatic heterocycles. The Morgan fingerprint density at radius 2 is 2.09 bits per heavy atom. The quantitative estimate of drug-likeness (QED) is 0.784. The second-order valence-electron chi connectivity index (χ2n) is 4.88. The van der Waals surface area contributed by atoms with E-state index in [1.807, 2.05) is 0 Å². The molecule has 4 heteroatoms. The van der Waals surface area contributed by atoms with Crippen molar-refractivity contribution >= 4 is 0 Å². The van der Waals surface area contributed by atoms with Crippen LogP contribution in [-0.4, -0.2) is 30.5 Å². The molecule has 1 aliphatic carbocycles. The number of allylic oxidation sites excluding steroid dienone is 2. The highest BCUT2D eigenvalue weighted by Crippen LogP contribution is 2.32. The van der Waals surface area contributed by atoms with Crippen LogP contribution in [0.1, 0.15) is 5.56 Å². The van der Waals surface area contributed by atoms with Crippen molar-refractivity contribution in [1.82, 2.24) is 0 Å². The second kappa shape index (κ2) is 7.56. The molecule has 2 unspecified atom stereocenters. The van der Waals surface area contributed by atoms with E-state index >= 15 is 0 Å². The first-order chi connectivity index (χ1) is 11.1. The third kappa shape index (κ3) is 3.76. The van der Waals surface area contributed by atoms with Crippen molar-refractivity contribution in [2.75, 3.05) is 20.3 Å². The van der Waals surface area contributed by atoms with Gasteiger partial charge in [-0.25, -0.2) is 0 Å². The Bertz CT molecular complexity index is 698. The summed E-state index contributed by atoms with van der Waals surface area (Å²) >= 11 is 0. The normalized spacial score (nSPS) is 18.5. The van der Waals surface area contributed by atoms with Crippen LogP contribution in [-0.2, 0) is 10.3 Å². The van der Waals surface area contributed by atoms with Gasteiger partial charge in [-0.3, -0.25) is 0 Å². The van der Waals surface area contributed by atoms with Crippen LogP contribution in [0.5, 0.6) is 5.75 Å². The first-order valence-electron chi connectivity index (χ1n) is 7.12. The predicted octanol–water partition coefficient (Wildman–Crippen LogP) is 1.60. The zero-order valence-electron chi connectivity index (χ0n) is 12.8. The molecule has 4 nitrogen and oxygen atoms in total. The van der Waals surface area contributed by atoms with E-state index in [0.29, 0.717) is 17.1 Å². The molecule has 1 aliphatic rings. The molecule has 0 saturated heterocycles. The van der Waals surface area contributed by atoms with E-state index < -0.39 is 11.5 Å². The van der Waals surface area contributed by atoms with Gasteiger partial charge < -0.3 is 19.7 Å². The van der Waals surface area contributed by atoms with Crippen molar-refractivity contribution in [3.8, 4) is 29.9 Å². The van der Waals surface area contributed by atoms with Crippen LogP contribution in [0.3, 0.4) is 0 Å². The Kier molecular flexibility index (Phi) is 5.49. The summed E-state index contributed by atoms with van der Waals surface area (Å²) in [7, 11) is 1.55. The molecule has 0 heterocycles. The fourth-order valence-electron chi connectivity index (χ4n) is 2.18. The maximum Gasteiger partial charge on any atom is 0.167 e. The van der Waals surface area contributed by atoms with Crippen LogP contribution >= 0.6 is 0 Å². The van der Waals surface area contributed by atoms with Crippen molar-refractivity contribution in [2.24, 2.45) is 5.92 Å². The Labute approximate surface area is 136 Å². The number of methoxy groups -OCH3 is 1. The third-order valence-electron chi connectivity index (χ3n) is 3.47. The maximum absolute atomic E-state index is 10.9. The van der Waals surface area contributed by atoms with Crippen molar-refractivity contribution in [3.63, 3.8) is 0 Å². The zero-order valence-corrected chi connectivity index (χ0v) is 12.8. The summed E-state index contributed by atoms with van der Waals surface area (Å²) in [5, 5.41) is 19.7. The van der Waals surface area contributed by atoms with Gasteiger partial charge in [0.1, 0.15) is 18.1 Å². The van der Waals surface area contributed by atoms with Crippen LogP contribution in [0.2, 0.25) is 0 Å². The van der Waals surface area contributed by atoms with Crippen LogP contribution in [0.4, 0.5) is 0 Å². The fraction of sp³-hybridized carbons (Fsp3) is 0.263. The van der Waals surface area contributed by atoms with Gasteiger partial charge >= 0.3 is 0 Å². The molecule has 0 fully saturated rings. The van der Waals surface area contributed by atoms with E-state index in [-0.39, 0.29) is 13.2 Å². The summed E-state index contributed by atoms with van der Waals surface area (Å²) in [5.41, 5.74) is -1.02. The Balaban J connectivity index is 2.27. The molecular formula is C19H18O4. The summed E-state index contributed by atoms with van der Waals surface area (Å²) in [4.78, 5) is 0. The molecular weight excluding hydrogens is 292 g/mol. The molecule has 2 atom stereocenters. The van der Waals surface area contributed by atoms with Gasteiger partial charge in [0.05, 0.1) is 19.6 Å². The molecule has 0 bridgehead atoms. The molecule has 1 aromatic carbocycles. The number of benzene rings is 1. The van der Waals surface area contributed by atoms with Gasteiger partial charge in [0, 0.05) is 6.08 Å². The van der Waals surface area contributed by atoms with Crippen LogP contribution in [0, 0.1) is 30.1 Å². The van der Waals surface area contributed by atoms with Gasteiger partial charge in [0.25, 0.3) is 0 Å². The summed E-state index contributed by atoms with van der Waals surface area (Å²) in [5.74, 6) is 8.85. The molecule has 0 aromatic heterocycles. The predicted molar refractivity (Wildman–Crippen MR) is 87.3 cm³/mol. The first-order valence-corrected chi connectivity index (χ1v) is 7.12. The summed E-state index contributed by atoms with van der Waals surface area (Å²) < 4.78 is 10.4. The number of aliphatic hydroxyl groups is 2. The van der Waals surface area contributed by atoms with Crippen molar-refractivity contribution in [3.05, 3.63) is 53.8 Å². The number of hydrogen-bond donors (Lipinski definition) is 2. The van der Waals surface area contributed by atoms with E-state index in [1.54, 1.807) is 49.6 Å². The second-order valence-corrected chi connectivity index (χ2v) is 4.88. The number of ether oxygens (including phenoxy) is 2. The topological polar surface area (TPSA) is 58.9 Å². The molecule has 118 valence electrons. The zero-order chi connectivity index (χ0) is 16.7. The molecule has 2 N–H and O–H groups in total. The molecule has 2 rings (SSSR count). The van der Waals surface area contributed by atoms with Gasteiger partial charge in [0.15, 0.2) is 5.60 Å². The van der Waals surface area contributed by atoms with Gasteiger partial charge in [-0.15, -0.1) is 6.42 Å². The summed E-state index contributed by atoms with van der Waals surface area (Å²) in [6.45, 7) is 0.147. The van der Waals surface area contributed by atoms with Crippen LogP contribution in [0.25, 0.3) is 0 Å². The lowest BCUT2D eigenvalue weighted by atomic mass is 9.82. The molecule has 1 aromatic rings. The largest absolute Gasteiger partial charge is 0.496 e. The number of terminal acetylenes is 1. The van der Waals surface area contributed by atoms with Crippen molar-refractivity contribution in [1.29, 1.82) is 0 Å². The number of rotatable bonds is 6. The minimum Gasteiger partial charge on any atom is -0.496 e. The molecule has 23 heavy (non-hydrogen) atoms. The van der Waals surface area contributed by atoms with Crippen molar-refractivity contribution in [2.45, 2.75) is 5.60 Å². The molecule has 0 amide bonds. The maximum atomic E-state index is 10.9. The van der Waals surface area contributed by atoms with Crippen molar-refractivity contribution < 1.29 is 19.7 Å². The monoisotopic (exact) mass is 310 g/mol. The summed E-state index contributed by atoms with van der Waals surface area (Å²) in [6.07, 6.45) is 10.7. The Hall–Kier alpha value is -2.66. The van der Waals surface area contributed by atoms with Gasteiger partial charge in [0.2, 0.25) is 0 Å². The smallest absolute Gasteiger partial charge is 0.167 e. The van der Waals surface area contributed by atoms with E-state index in [1.165, 1.54) is 0 Å². The number of aliphatic hydroxyl groups excluding tert-OH is 1. The highest BCUT2D eigenvalue weighted by Gasteiger charge is 2.34. The standard InChI is InChI=1S/C19H18O4/c1-3-19(21,15-5-4-6-17(22-2)10-7-15)16-8-11-18(12-9-16)23-14-13-20/h1,6-12,15,20-21H,13-14H2,2H3. The number of hydrogen-bond acceptors (Lipinski definition) is 4. The average molecular weight is 310 g/mol. The highest BCUT2D eigenvalue weighted by atomic mass is 16.5. The van der Waals surface area contributed by atoms with Gasteiger partial charge in [-0.1, -0.05) is 36.0 Å². The first kappa shape index (κ1) is 16.7. The van der Waals surface area contributed by atoms with E-state index in [0.717, 1.165) is 0 Å². The minimum absolute atomic E-state index is 0.0622. The van der Waals surface area contributed by atoms with Gasteiger partial charge in [-0.2, -0.15) is 0 Å². The molecule has 0 saturated carbocycles. The molecule has 0 radical (unpaired) electrons. The fourth-order valence-corrected chi connectivity index (χ4v) is 2.18. The average Bonchev–Trinajstić information content (AvgIpc) is 2.85. The lowest BCUT2D eigenvalue weighted by Gasteiger charge is -2.27.